The second-order valence-electron chi connectivity index (χ2n) is 4.66. The summed E-state index contributed by atoms with van der Waals surface area (Å²) in [5, 5.41) is 10.7. The van der Waals surface area contributed by atoms with Crippen LogP contribution in [0.1, 0.15) is 16.7 Å². The second-order valence-corrected chi connectivity index (χ2v) is 4.66. The van der Waals surface area contributed by atoms with Crippen LogP contribution in [0.2, 0.25) is 0 Å². The van der Waals surface area contributed by atoms with Crippen LogP contribution in [0.3, 0.4) is 0 Å². The van der Waals surface area contributed by atoms with Crippen LogP contribution in [0.4, 0.5) is 4.39 Å². The minimum absolute atomic E-state index is 0.270. The number of benzene rings is 2. The number of halogens is 1. The molecule has 0 bridgehead atoms. The van der Waals surface area contributed by atoms with Crippen LogP contribution >= 0.6 is 0 Å². The van der Waals surface area contributed by atoms with Crippen LogP contribution in [0.15, 0.2) is 48.5 Å². The molecule has 0 fully saturated rings. The van der Waals surface area contributed by atoms with Crippen LogP contribution < -0.4 is 0 Å². The topological polar surface area (TPSA) is 20.2 Å². The zero-order chi connectivity index (χ0) is 11.9. The van der Waals surface area contributed by atoms with Gasteiger partial charge in [0.05, 0.1) is 5.60 Å². The Kier molecular flexibility index (Phi) is 2.26. The molecule has 0 aliphatic heterocycles. The van der Waals surface area contributed by atoms with Gasteiger partial charge in [-0.1, -0.05) is 36.4 Å². The van der Waals surface area contributed by atoms with Crippen LogP contribution in [0, 0.1) is 5.82 Å². The van der Waals surface area contributed by atoms with E-state index < -0.39 is 5.60 Å². The van der Waals surface area contributed by atoms with Gasteiger partial charge in [-0.2, -0.15) is 0 Å². The zero-order valence-corrected chi connectivity index (χ0v) is 9.36. The third kappa shape index (κ3) is 1.75. The Hall–Kier alpha value is -1.67. The zero-order valence-electron chi connectivity index (χ0n) is 9.36. The first-order chi connectivity index (χ1) is 8.17. The number of hydrogen-bond donors (Lipinski definition) is 1. The number of hydrogen-bond acceptors (Lipinski definition) is 1. The molecule has 0 radical (unpaired) electrons. The fourth-order valence-electron chi connectivity index (χ4n) is 2.56. The number of aliphatic hydroxyl groups is 1. The summed E-state index contributed by atoms with van der Waals surface area (Å²) in [6.45, 7) is 0. The molecule has 0 amide bonds. The van der Waals surface area contributed by atoms with E-state index in [0.29, 0.717) is 12.8 Å². The van der Waals surface area contributed by atoms with E-state index in [9.17, 15) is 9.50 Å². The molecular formula is C15H13FO. The summed E-state index contributed by atoms with van der Waals surface area (Å²) >= 11 is 0. The molecule has 0 heterocycles. The molecule has 0 unspecified atom stereocenters. The molecule has 1 aliphatic rings. The maximum atomic E-state index is 12.9. The Morgan fingerprint density at radius 1 is 0.882 bits per heavy atom. The molecule has 0 saturated carbocycles. The predicted molar refractivity (Wildman–Crippen MR) is 64.1 cm³/mol. The Bertz CT molecular complexity index is 520. The maximum absolute atomic E-state index is 12.9. The molecule has 0 aromatic heterocycles. The second kappa shape index (κ2) is 3.67. The Morgan fingerprint density at radius 3 is 1.94 bits per heavy atom. The Labute approximate surface area is 99.5 Å². The molecule has 1 aliphatic carbocycles. The van der Waals surface area contributed by atoms with Crippen molar-refractivity contribution in [2.45, 2.75) is 18.4 Å². The summed E-state index contributed by atoms with van der Waals surface area (Å²) in [6, 6.07) is 14.2. The predicted octanol–water partition coefficient (Wildman–Crippen LogP) is 2.81. The average molecular weight is 228 g/mol. The lowest BCUT2D eigenvalue weighted by Crippen LogP contribution is -2.26. The van der Waals surface area contributed by atoms with Crippen molar-refractivity contribution in [1.29, 1.82) is 0 Å². The van der Waals surface area contributed by atoms with Crippen LogP contribution in [-0.4, -0.2) is 5.11 Å². The molecule has 0 saturated heterocycles. The number of fused-ring (bicyclic) bond motifs is 1. The van der Waals surface area contributed by atoms with E-state index in [1.54, 1.807) is 12.1 Å². The van der Waals surface area contributed by atoms with Crippen molar-refractivity contribution in [3.63, 3.8) is 0 Å². The van der Waals surface area contributed by atoms with Gasteiger partial charge in [0.15, 0.2) is 0 Å². The van der Waals surface area contributed by atoms with Gasteiger partial charge in [-0.3, -0.25) is 0 Å². The molecule has 1 nitrogen and oxygen atoms in total. The third-order valence-electron chi connectivity index (χ3n) is 3.47. The fraction of sp³-hybridized carbons (Fsp3) is 0.200. The summed E-state index contributed by atoms with van der Waals surface area (Å²) in [7, 11) is 0. The molecule has 17 heavy (non-hydrogen) atoms. The lowest BCUT2D eigenvalue weighted by molar-refractivity contribution is 0.0481. The van der Waals surface area contributed by atoms with Crippen molar-refractivity contribution in [3.8, 4) is 0 Å². The molecule has 86 valence electrons. The van der Waals surface area contributed by atoms with Gasteiger partial charge < -0.3 is 5.11 Å². The van der Waals surface area contributed by atoms with E-state index in [-0.39, 0.29) is 5.82 Å². The van der Waals surface area contributed by atoms with Gasteiger partial charge >= 0.3 is 0 Å². The monoisotopic (exact) mass is 228 g/mol. The van der Waals surface area contributed by atoms with Gasteiger partial charge in [-0.25, -0.2) is 4.39 Å². The lowest BCUT2D eigenvalue weighted by atomic mass is 9.91. The van der Waals surface area contributed by atoms with Crippen LogP contribution in [-0.2, 0) is 18.4 Å². The van der Waals surface area contributed by atoms with Crippen molar-refractivity contribution in [3.05, 3.63) is 71.0 Å². The lowest BCUT2D eigenvalue weighted by Gasteiger charge is -2.22. The van der Waals surface area contributed by atoms with Gasteiger partial charge in [0.2, 0.25) is 0 Å². The summed E-state index contributed by atoms with van der Waals surface area (Å²) in [5.41, 5.74) is 2.27. The van der Waals surface area contributed by atoms with E-state index in [1.165, 1.54) is 23.3 Å². The van der Waals surface area contributed by atoms with E-state index in [2.05, 4.69) is 0 Å². The summed E-state index contributed by atoms with van der Waals surface area (Å²) < 4.78 is 12.9. The molecule has 2 aromatic rings. The minimum atomic E-state index is -0.878. The van der Waals surface area contributed by atoms with Gasteiger partial charge in [-0.15, -0.1) is 0 Å². The van der Waals surface area contributed by atoms with E-state index in [4.69, 9.17) is 0 Å². The smallest absolute Gasteiger partial charge is 0.123 e. The van der Waals surface area contributed by atoms with E-state index in [0.717, 1.165) is 5.56 Å². The largest absolute Gasteiger partial charge is 0.384 e. The van der Waals surface area contributed by atoms with Crippen molar-refractivity contribution < 1.29 is 9.50 Å². The standard InChI is InChI=1S/C15H13FO/c16-14-7-5-13(6-8-14)15(17)9-11-3-1-2-4-12(11)10-15/h1-8,17H,9-10H2. The molecule has 1 N–H and O–H groups in total. The molecule has 2 heteroatoms. The third-order valence-corrected chi connectivity index (χ3v) is 3.47. The first-order valence-corrected chi connectivity index (χ1v) is 5.73. The summed E-state index contributed by atoms with van der Waals surface area (Å²) in [6.07, 6.45) is 1.21. The molecule has 3 rings (SSSR count). The molecular weight excluding hydrogens is 215 g/mol. The first-order valence-electron chi connectivity index (χ1n) is 5.73. The highest BCUT2D eigenvalue weighted by Gasteiger charge is 2.36. The molecule has 0 spiro atoms. The highest BCUT2D eigenvalue weighted by atomic mass is 19.1. The van der Waals surface area contributed by atoms with Crippen molar-refractivity contribution in [2.24, 2.45) is 0 Å². The Balaban J connectivity index is 1.98. The Morgan fingerprint density at radius 2 is 1.41 bits per heavy atom. The molecule has 0 atom stereocenters. The average Bonchev–Trinajstić information content (AvgIpc) is 2.67. The van der Waals surface area contributed by atoms with Gasteiger partial charge in [0, 0.05) is 12.8 Å². The number of rotatable bonds is 1. The van der Waals surface area contributed by atoms with Gasteiger partial charge in [0.1, 0.15) is 5.82 Å². The van der Waals surface area contributed by atoms with Gasteiger partial charge in [0.25, 0.3) is 0 Å². The van der Waals surface area contributed by atoms with Crippen LogP contribution in [0.5, 0.6) is 0 Å². The van der Waals surface area contributed by atoms with Crippen molar-refractivity contribution in [1.82, 2.24) is 0 Å². The highest BCUT2D eigenvalue weighted by Crippen LogP contribution is 2.37. The SMILES string of the molecule is OC1(c2ccc(F)cc2)Cc2ccccc2C1. The summed E-state index contributed by atoms with van der Waals surface area (Å²) in [5.74, 6) is -0.270. The normalized spacial score (nSPS) is 16.8. The fourth-order valence-corrected chi connectivity index (χ4v) is 2.56. The summed E-state index contributed by atoms with van der Waals surface area (Å²) in [4.78, 5) is 0. The van der Waals surface area contributed by atoms with E-state index >= 15 is 0 Å². The first kappa shape index (κ1) is 10.5. The minimum Gasteiger partial charge on any atom is -0.384 e. The van der Waals surface area contributed by atoms with Crippen molar-refractivity contribution in [2.75, 3.05) is 0 Å². The van der Waals surface area contributed by atoms with Crippen LogP contribution in [0.25, 0.3) is 0 Å². The molecule has 2 aromatic carbocycles. The van der Waals surface area contributed by atoms with Gasteiger partial charge in [-0.05, 0) is 28.8 Å². The van der Waals surface area contributed by atoms with Crippen molar-refractivity contribution >= 4 is 0 Å². The van der Waals surface area contributed by atoms with E-state index in [1.807, 2.05) is 24.3 Å². The maximum Gasteiger partial charge on any atom is 0.123 e. The highest BCUT2D eigenvalue weighted by molar-refractivity contribution is 5.39. The quantitative estimate of drug-likeness (QED) is 0.795.